The lowest BCUT2D eigenvalue weighted by atomic mass is 9.87. The van der Waals surface area contributed by atoms with E-state index in [-0.39, 0.29) is 15.7 Å². The SMILES string of the molecule is CC(C)(C)[C@@H](NC(=O)Nc1cc(Cl)c(F)c(Cl)c1)C(=O)O. The van der Waals surface area contributed by atoms with E-state index in [1.165, 1.54) is 12.1 Å². The van der Waals surface area contributed by atoms with Crippen LogP contribution < -0.4 is 10.6 Å². The molecule has 0 radical (unpaired) electrons. The van der Waals surface area contributed by atoms with Crippen molar-refractivity contribution in [1.82, 2.24) is 5.32 Å². The van der Waals surface area contributed by atoms with Gasteiger partial charge in [-0.2, -0.15) is 0 Å². The van der Waals surface area contributed by atoms with E-state index in [1.807, 2.05) is 0 Å². The van der Waals surface area contributed by atoms with Gasteiger partial charge in [-0.3, -0.25) is 0 Å². The van der Waals surface area contributed by atoms with Crippen LogP contribution in [0.1, 0.15) is 20.8 Å². The van der Waals surface area contributed by atoms with Crippen LogP contribution in [0.5, 0.6) is 0 Å². The van der Waals surface area contributed by atoms with E-state index >= 15 is 0 Å². The number of hydrogen-bond acceptors (Lipinski definition) is 2. The molecule has 1 rings (SSSR count). The second-order valence-electron chi connectivity index (χ2n) is 5.49. The van der Waals surface area contributed by atoms with Crippen molar-refractivity contribution in [3.63, 3.8) is 0 Å². The van der Waals surface area contributed by atoms with Gasteiger partial charge in [0.25, 0.3) is 0 Å². The fourth-order valence-electron chi connectivity index (χ4n) is 1.57. The molecule has 3 N–H and O–H groups in total. The molecule has 5 nitrogen and oxygen atoms in total. The van der Waals surface area contributed by atoms with Gasteiger partial charge in [0.05, 0.1) is 10.0 Å². The number of nitrogens with one attached hydrogen (secondary N) is 2. The van der Waals surface area contributed by atoms with Crippen LogP contribution in [-0.2, 0) is 4.79 Å². The summed E-state index contributed by atoms with van der Waals surface area (Å²) < 4.78 is 13.3. The summed E-state index contributed by atoms with van der Waals surface area (Å²) in [6, 6.07) is 0.504. The summed E-state index contributed by atoms with van der Waals surface area (Å²) in [5.41, 5.74) is -0.525. The van der Waals surface area contributed by atoms with Gasteiger partial charge in [-0.05, 0) is 17.5 Å². The molecule has 8 heteroatoms. The van der Waals surface area contributed by atoms with Gasteiger partial charge in [-0.25, -0.2) is 14.0 Å². The Labute approximate surface area is 131 Å². The van der Waals surface area contributed by atoms with Crippen molar-refractivity contribution >= 4 is 40.9 Å². The monoisotopic (exact) mass is 336 g/mol. The quantitative estimate of drug-likeness (QED) is 0.735. The van der Waals surface area contributed by atoms with E-state index in [1.54, 1.807) is 20.8 Å². The molecule has 0 fully saturated rings. The molecule has 2 amide bonds. The average molecular weight is 337 g/mol. The van der Waals surface area contributed by atoms with Crippen molar-refractivity contribution in [3.05, 3.63) is 28.0 Å². The van der Waals surface area contributed by atoms with E-state index in [2.05, 4.69) is 10.6 Å². The summed E-state index contributed by atoms with van der Waals surface area (Å²) in [4.78, 5) is 23.0. The molecule has 0 spiro atoms. The summed E-state index contributed by atoms with van der Waals surface area (Å²) in [6.45, 7) is 5.03. The van der Waals surface area contributed by atoms with Gasteiger partial charge in [0, 0.05) is 5.69 Å². The number of rotatable bonds is 3. The highest BCUT2D eigenvalue weighted by Crippen LogP contribution is 2.27. The zero-order chi connectivity index (χ0) is 16.4. The number of aliphatic carboxylic acids is 1. The summed E-state index contributed by atoms with van der Waals surface area (Å²) in [5, 5.41) is 13.3. The van der Waals surface area contributed by atoms with Gasteiger partial charge in [-0.1, -0.05) is 44.0 Å². The Morgan fingerprint density at radius 2 is 1.71 bits per heavy atom. The average Bonchev–Trinajstić information content (AvgIpc) is 2.31. The predicted molar refractivity (Wildman–Crippen MR) is 79.5 cm³/mol. The minimum atomic E-state index is -1.16. The van der Waals surface area contributed by atoms with Crippen molar-refractivity contribution < 1.29 is 19.1 Å². The predicted octanol–water partition coefficient (Wildman–Crippen LogP) is 3.75. The maximum Gasteiger partial charge on any atom is 0.326 e. The van der Waals surface area contributed by atoms with Crippen LogP contribution in [-0.4, -0.2) is 23.1 Å². The van der Waals surface area contributed by atoms with E-state index in [0.29, 0.717) is 0 Å². The lowest BCUT2D eigenvalue weighted by Gasteiger charge is -2.27. The number of halogens is 3. The fraction of sp³-hybridized carbons (Fsp3) is 0.385. The van der Waals surface area contributed by atoms with Crippen molar-refractivity contribution in [2.75, 3.05) is 5.32 Å². The lowest BCUT2D eigenvalue weighted by molar-refractivity contribution is -0.141. The highest BCUT2D eigenvalue weighted by atomic mass is 35.5. The third-order valence-corrected chi connectivity index (χ3v) is 3.18. The van der Waals surface area contributed by atoms with Crippen LogP contribution in [0.15, 0.2) is 12.1 Å². The van der Waals surface area contributed by atoms with Gasteiger partial charge in [0.2, 0.25) is 0 Å². The summed E-state index contributed by atoms with van der Waals surface area (Å²) >= 11 is 11.2. The van der Waals surface area contributed by atoms with Crippen LogP contribution in [0.4, 0.5) is 14.9 Å². The van der Waals surface area contributed by atoms with Crippen LogP contribution in [0.25, 0.3) is 0 Å². The standard InChI is InChI=1S/C13H15Cl2FN2O3/c1-13(2,3)10(11(19)20)18-12(21)17-6-4-7(14)9(16)8(15)5-6/h4-5,10H,1-3H3,(H,19,20)(H2,17,18,21)/t10-/m0/s1. The molecule has 0 aliphatic carbocycles. The molecule has 0 unspecified atom stereocenters. The summed E-state index contributed by atoms with van der Waals surface area (Å²) in [7, 11) is 0. The third kappa shape index (κ3) is 4.75. The van der Waals surface area contributed by atoms with E-state index in [4.69, 9.17) is 28.3 Å². The van der Waals surface area contributed by atoms with E-state index in [0.717, 1.165) is 0 Å². The number of urea groups is 1. The fourth-order valence-corrected chi connectivity index (χ4v) is 2.06. The Morgan fingerprint density at radius 3 is 2.10 bits per heavy atom. The smallest absolute Gasteiger partial charge is 0.326 e. The van der Waals surface area contributed by atoms with Gasteiger partial charge in [-0.15, -0.1) is 0 Å². The van der Waals surface area contributed by atoms with Crippen LogP contribution >= 0.6 is 23.2 Å². The zero-order valence-electron chi connectivity index (χ0n) is 11.6. The number of carbonyl (C=O) groups is 2. The molecule has 0 saturated carbocycles. The van der Waals surface area contributed by atoms with Gasteiger partial charge in [0.1, 0.15) is 6.04 Å². The molecule has 1 aromatic rings. The first-order valence-electron chi connectivity index (χ1n) is 5.97. The van der Waals surface area contributed by atoms with Crippen molar-refractivity contribution in [3.8, 4) is 0 Å². The van der Waals surface area contributed by atoms with Crippen LogP contribution in [0.2, 0.25) is 10.0 Å². The summed E-state index contributed by atoms with van der Waals surface area (Å²) in [5.74, 6) is -1.95. The number of carbonyl (C=O) groups excluding carboxylic acids is 1. The second kappa shape index (κ2) is 6.49. The van der Waals surface area contributed by atoms with Crippen LogP contribution in [0, 0.1) is 11.2 Å². The van der Waals surface area contributed by atoms with Gasteiger partial charge >= 0.3 is 12.0 Å². The number of benzene rings is 1. The molecule has 0 aromatic heterocycles. The number of carboxylic acid groups (broad SMARTS) is 1. The number of carboxylic acids is 1. The number of anilines is 1. The second-order valence-corrected chi connectivity index (χ2v) is 6.30. The first kappa shape index (κ1) is 17.5. The van der Waals surface area contributed by atoms with Gasteiger partial charge < -0.3 is 15.7 Å². The Hall–Kier alpha value is -1.53. The Morgan fingerprint density at radius 1 is 1.24 bits per heavy atom. The molecular formula is C13H15Cl2FN2O3. The number of hydrogen-bond donors (Lipinski definition) is 3. The zero-order valence-corrected chi connectivity index (χ0v) is 13.1. The molecule has 0 saturated heterocycles. The molecule has 0 aliphatic heterocycles. The molecule has 1 aromatic carbocycles. The minimum Gasteiger partial charge on any atom is -0.480 e. The molecule has 0 bridgehead atoms. The first-order valence-corrected chi connectivity index (χ1v) is 6.73. The largest absolute Gasteiger partial charge is 0.480 e. The molecule has 21 heavy (non-hydrogen) atoms. The van der Waals surface area contributed by atoms with E-state index < -0.39 is 29.3 Å². The van der Waals surface area contributed by atoms with Crippen molar-refractivity contribution in [2.45, 2.75) is 26.8 Å². The molecular weight excluding hydrogens is 322 g/mol. The first-order chi connectivity index (χ1) is 9.52. The molecule has 0 heterocycles. The Kier molecular flexibility index (Phi) is 5.42. The van der Waals surface area contributed by atoms with Crippen molar-refractivity contribution in [1.29, 1.82) is 0 Å². The topological polar surface area (TPSA) is 78.4 Å². The molecule has 116 valence electrons. The Balaban J connectivity index is 2.85. The Bertz CT molecular complexity index is 550. The van der Waals surface area contributed by atoms with Crippen LogP contribution in [0.3, 0.4) is 0 Å². The maximum atomic E-state index is 13.3. The highest BCUT2D eigenvalue weighted by molar-refractivity contribution is 6.35. The normalized spacial score (nSPS) is 12.7. The lowest BCUT2D eigenvalue weighted by Crippen LogP contribution is -2.50. The number of amides is 2. The molecule has 1 atom stereocenters. The summed E-state index contributed by atoms with van der Waals surface area (Å²) in [6.07, 6.45) is 0. The minimum absolute atomic E-state index is 0.155. The van der Waals surface area contributed by atoms with Crippen molar-refractivity contribution in [2.24, 2.45) is 5.41 Å². The van der Waals surface area contributed by atoms with Gasteiger partial charge in [0.15, 0.2) is 5.82 Å². The van der Waals surface area contributed by atoms with E-state index in [9.17, 15) is 14.0 Å². The maximum absolute atomic E-state index is 13.3. The molecule has 0 aliphatic rings. The third-order valence-electron chi connectivity index (χ3n) is 2.63. The highest BCUT2D eigenvalue weighted by Gasteiger charge is 2.32.